The van der Waals surface area contributed by atoms with Crippen LogP contribution in [0.1, 0.15) is 10.4 Å². The number of hydrogen-bond acceptors (Lipinski definition) is 3. The number of benzene rings is 1. The van der Waals surface area contributed by atoms with Crippen molar-refractivity contribution in [3.05, 3.63) is 45.6 Å². The molecule has 1 aromatic heterocycles. The second-order valence-electron chi connectivity index (χ2n) is 3.70. The number of nitrogens with two attached hydrogens (primary N) is 1. The maximum Gasteiger partial charge on any atom is 0.254 e. The largest absolute Gasteiger partial charge is 0.365 e. The molecule has 1 aliphatic heterocycles. The molecule has 0 unspecified atom stereocenters. The number of nitrogens with zero attached hydrogens (tertiary/aromatic N) is 1. The van der Waals surface area contributed by atoms with Crippen LogP contribution in [0.4, 0.5) is 0 Å². The molecule has 0 aliphatic carbocycles. The van der Waals surface area contributed by atoms with E-state index in [2.05, 4.69) is 0 Å². The Morgan fingerprint density at radius 3 is 2.94 bits per heavy atom. The summed E-state index contributed by atoms with van der Waals surface area (Å²) in [6, 6.07) is 5.46. The molecule has 5 heteroatoms. The zero-order chi connectivity index (χ0) is 12.0. The lowest BCUT2D eigenvalue weighted by Crippen LogP contribution is -2.23. The number of hydrogen-bond donors (Lipinski definition) is 1. The highest BCUT2D eigenvalue weighted by molar-refractivity contribution is 8.02. The fourth-order valence-corrected chi connectivity index (χ4v) is 2.76. The molecule has 0 saturated heterocycles. The average molecular weight is 244 g/mol. The van der Waals surface area contributed by atoms with Crippen LogP contribution in [0, 0.1) is 0 Å². The Kier molecular flexibility index (Phi) is 2.09. The molecule has 0 spiro atoms. The quantitative estimate of drug-likeness (QED) is 0.829. The predicted octanol–water partition coefficient (Wildman–Crippen LogP) is 1.63. The van der Waals surface area contributed by atoms with Gasteiger partial charge in [0.2, 0.25) is 5.43 Å². The molecule has 84 valence electrons. The molecule has 3 rings (SSSR count). The van der Waals surface area contributed by atoms with Gasteiger partial charge in [0.15, 0.2) is 0 Å². The lowest BCUT2D eigenvalue weighted by atomic mass is 10.1. The fraction of sp³-hybridized carbons (Fsp3) is 0. The Bertz CT molecular complexity index is 731. The van der Waals surface area contributed by atoms with E-state index >= 15 is 0 Å². The Morgan fingerprint density at radius 2 is 2.18 bits per heavy atom. The number of carbonyl (C=O) groups excluding carboxylic acids is 1. The van der Waals surface area contributed by atoms with E-state index in [0.717, 1.165) is 10.4 Å². The summed E-state index contributed by atoms with van der Waals surface area (Å²) in [4.78, 5) is 24.3. The molecule has 2 heterocycles. The van der Waals surface area contributed by atoms with Crippen LogP contribution in [-0.4, -0.2) is 10.5 Å². The van der Waals surface area contributed by atoms with Crippen molar-refractivity contribution >= 4 is 34.8 Å². The molecule has 1 aliphatic rings. The molecule has 2 aromatic rings. The van der Waals surface area contributed by atoms with Crippen molar-refractivity contribution < 1.29 is 4.79 Å². The lowest BCUT2D eigenvalue weighted by Gasteiger charge is -2.14. The first-order valence-corrected chi connectivity index (χ1v) is 5.87. The SMILES string of the molecule is NC(=O)c1cn2c3c(cccc3c1=O)SC=C2. The minimum Gasteiger partial charge on any atom is -0.365 e. The van der Waals surface area contributed by atoms with Gasteiger partial charge in [-0.25, -0.2) is 0 Å². The zero-order valence-electron chi connectivity index (χ0n) is 8.71. The van der Waals surface area contributed by atoms with Crippen LogP contribution >= 0.6 is 11.8 Å². The van der Waals surface area contributed by atoms with E-state index in [-0.39, 0.29) is 11.0 Å². The minimum atomic E-state index is -0.697. The van der Waals surface area contributed by atoms with Gasteiger partial charge < -0.3 is 10.3 Å². The molecular weight excluding hydrogens is 236 g/mol. The average Bonchev–Trinajstić information content (AvgIpc) is 2.33. The fourth-order valence-electron chi connectivity index (χ4n) is 1.94. The second-order valence-corrected chi connectivity index (χ2v) is 4.65. The summed E-state index contributed by atoms with van der Waals surface area (Å²) in [7, 11) is 0. The normalized spacial score (nSPS) is 12.9. The molecule has 1 aromatic carbocycles. The maximum atomic E-state index is 12.1. The van der Waals surface area contributed by atoms with E-state index in [4.69, 9.17) is 5.73 Å². The number of para-hydroxylation sites is 1. The van der Waals surface area contributed by atoms with Gasteiger partial charge in [0.05, 0.1) is 5.52 Å². The summed E-state index contributed by atoms with van der Waals surface area (Å²) in [5.74, 6) is -0.697. The summed E-state index contributed by atoms with van der Waals surface area (Å²) >= 11 is 1.55. The number of amides is 1. The van der Waals surface area contributed by atoms with Crippen molar-refractivity contribution in [3.8, 4) is 0 Å². The number of pyridine rings is 1. The van der Waals surface area contributed by atoms with Gasteiger partial charge in [0, 0.05) is 22.7 Å². The molecule has 0 fully saturated rings. The Balaban J connectivity index is 2.55. The van der Waals surface area contributed by atoms with Crippen LogP contribution in [0.15, 0.2) is 39.5 Å². The molecule has 17 heavy (non-hydrogen) atoms. The van der Waals surface area contributed by atoms with Crippen molar-refractivity contribution in [1.29, 1.82) is 0 Å². The summed E-state index contributed by atoms with van der Waals surface area (Å²) in [5, 5.41) is 2.42. The molecule has 1 amide bonds. The van der Waals surface area contributed by atoms with Crippen LogP contribution in [0.25, 0.3) is 17.1 Å². The second kappa shape index (κ2) is 3.49. The van der Waals surface area contributed by atoms with Gasteiger partial charge >= 0.3 is 0 Å². The van der Waals surface area contributed by atoms with Gasteiger partial charge in [-0.3, -0.25) is 9.59 Å². The number of rotatable bonds is 1. The summed E-state index contributed by atoms with van der Waals surface area (Å²) in [6.45, 7) is 0. The molecule has 4 nitrogen and oxygen atoms in total. The van der Waals surface area contributed by atoms with Crippen LogP contribution in [0.3, 0.4) is 0 Å². The standard InChI is InChI=1S/C12H8N2O2S/c13-12(16)8-6-14-4-5-17-9-3-1-2-7(10(9)14)11(8)15/h1-6H,(H2,13,16). The van der Waals surface area contributed by atoms with Crippen molar-refractivity contribution in [3.63, 3.8) is 0 Å². The van der Waals surface area contributed by atoms with Crippen LogP contribution in [0.2, 0.25) is 0 Å². The Morgan fingerprint density at radius 1 is 1.35 bits per heavy atom. The predicted molar refractivity (Wildman–Crippen MR) is 67.9 cm³/mol. The molecule has 0 bridgehead atoms. The van der Waals surface area contributed by atoms with Crippen molar-refractivity contribution in [2.45, 2.75) is 4.90 Å². The highest BCUT2D eigenvalue weighted by Crippen LogP contribution is 2.31. The van der Waals surface area contributed by atoms with Gasteiger partial charge in [-0.05, 0) is 17.5 Å². The smallest absolute Gasteiger partial charge is 0.254 e. The van der Waals surface area contributed by atoms with Crippen molar-refractivity contribution in [1.82, 2.24) is 4.57 Å². The summed E-state index contributed by atoms with van der Waals surface area (Å²) < 4.78 is 1.77. The Hall–Kier alpha value is -2.01. The van der Waals surface area contributed by atoms with Crippen LogP contribution < -0.4 is 11.2 Å². The van der Waals surface area contributed by atoms with Gasteiger partial charge in [-0.1, -0.05) is 17.8 Å². The zero-order valence-corrected chi connectivity index (χ0v) is 9.53. The first-order chi connectivity index (χ1) is 8.18. The molecule has 0 saturated carbocycles. The van der Waals surface area contributed by atoms with Crippen molar-refractivity contribution in [2.75, 3.05) is 0 Å². The van der Waals surface area contributed by atoms with Crippen molar-refractivity contribution in [2.24, 2.45) is 5.73 Å². The number of primary amides is 1. The molecule has 2 N–H and O–H groups in total. The van der Waals surface area contributed by atoms with Gasteiger partial charge in [-0.15, -0.1) is 0 Å². The number of thioether (sulfide) groups is 1. The highest BCUT2D eigenvalue weighted by atomic mass is 32.2. The summed E-state index contributed by atoms with van der Waals surface area (Å²) in [6.07, 6.45) is 3.30. The van der Waals surface area contributed by atoms with E-state index < -0.39 is 5.91 Å². The first-order valence-electron chi connectivity index (χ1n) is 4.99. The third-order valence-corrected chi connectivity index (χ3v) is 3.54. The Labute approximate surface area is 101 Å². The van der Waals surface area contributed by atoms with E-state index in [0.29, 0.717) is 5.39 Å². The van der Waals surface area contributed by atoms with E-state index in [9.17, 15) is 9.59 Å². The first kappa shape index (κ1) is 10.2. The maximum absolute atomic E-state index is 12.1. The molecule has 0 atom stereocenters. The van der Waals surface area contributed by atoms with Crippen LogP contribution in [0.5, 0.6) is 0 Å². The topological polar surface area (TPSA) is 65.1 Å². The molecule has 0 radical (unpaired) electrons. The highest BCUT2D eigenvalue weighted by Gasteiger charge is 2.15. The van der Waals surface area contributed by atoms with E-state index in [1.807, 2.05) is 17.7 Å². The molecular formula is C12H8N2O2S. The van der Waals surface area contributed by atoms with Gasteiger partial charge in [-0.2, -0.15) is 0 Å². The van der Waals surface area contributed by atoms with E-state index in [1.165, 1.54) is 6.20 Å². The lowest BCUT2D eigenvalue weighted by molar-refractivity contribution is 0.0999. The van der Waals surface area contributed by atoms with Gasteiger partial charge in [0.25, 0.3) is 5.91 Å². The number of aromatic nitrogens is 1. The third-order valence-electron chi connectivity index (χ3n) is 2.70. The van der Waals surface area contributed by atoms with Gasteiger partial charge in [0.1, 0.15) is 5.56 Å². The monoisotopic (exact) mass is 244 g/mol. The number of carbonyl (C=O) groups is 1. The van der Waals surface area contributed by atoms with E-state index in [1.54, 1.807) is 28.5 Å². The minimum absolute atomic E-state index is 0.0196. The third kappa shape index (κ3) is 1.39. The summed E-state index contributed by atoms with van der Waals surface area (Å²) in [5.41, 5.74) is 5.75. The van der Waals surface area contributed by atoms with Crippen LogP contribution in [-0.2, 0) is 0 Å².